The summed E-state index contributed by atoms with van der Waals surface area (Å²) in [5.41, 5.74) is 0.756. The molecule has 0 aliphatic heterocycles. The SMILES string of the molecule is Cc1cc(F)ccc1NCC(=O)NC1(C#N)CCCCC1. The van der Waals surface area contributed by atoms with Crippen molar-refractivity contribution in [1.29, 1.82) is 5.26 Å². The largest absolute Gasteiger partial charge is 0.376 e. The highest BCUT2D eigenvalue weighted by Gasteiger charge is 2.33. The van der Waals surface area contributed by atoms with Gasteiger partial charge in [0.2, 0.25) is 5.91 Å². The highest BCUT2D eigenvalue weighted by Crippen LogP contribution is 2.27. The second kappa shape index (κ2) is 6.57. The minimum Gasteiger partial charge on any atom is -0.376 e. The maximum atomic E-state index is 13.0. The summed E-state index contributed by atoms with van der Waals surface area (Å²) in [4.78, 5) is 12.0. The molecule has 1 aromatic carbocycles. The summed E-state index contributed by atoms with van der Waals surface area (Å²) in [5.74, 6) is -0.504. The summed E-state index contributed by atoms with van der Waals surface area (Å²) >= 11 is 0. The zero-order chi connectivity index (χ0) is 15.3. The number of anilines is 1. The third-order valence-corrected chi connectivity index (χ3v) is 3.93. The molecule has 0 bridgehead atoms. The fourth-order valence-corrected chi connectivity index (χ4v) is 2.73. The Morgan fingerprint density at radius 3 is 2.71 bits per heavy atom. The predicted octanol–water partition coefficient (Wildman–Crippen LogP) is 2.89. The standard InChI is InChI=1S/C16H20FN3O/c1-12-9-13(17)5-6-14(12)19-10-15(21)20-16(11-18)7-3-2-4-8-16/h5-6,9,19H,2-4,7-8,10H2,1H3,(H,20,21). The number of carbonyl (C=O) groups is 1. The van der Waals surface area contributed by atoms with Crippen LogP contribution in [0.15, 0.2) is 18.2 Å². The van der Waals surface area contributed by atoms with Gasteiger partial charge in [0.1, 0.15) is 11.4 Å². The van der Waals surface area contributed by atoms with Crippen molar-refractivity contribution >= 4 is 11.6 Å². The van der Waals surface area contributed by atoms with Gasteiger partial charge in [-0.05, 0) is 43.5 Å². The number of halogens is 1. The first-order chi connectivity index (χ1) is 10.0. The molecule has 0 spiro atoms. The topological polar surface area (TPSA) is 64.9 Å². The van der Waals surface area contributed by atoms with E-state index in [2.05, 4.69) is 16.7 Å². The molecule has 5 heteroatoms. The Hall–Kier alpha value is -2.09. The molecule has 1 aliphatic carbocycles. The number of nitrogens with one attached hydrogen (secondary N) is 2. The lowest BCUT2D eigenvalue weighted by Crippen LogP contribution is -2.50. The molecule has 1 amide bonds. The summed E-state index contributed by atoms with van der Waals surface area (Å²) in [6, 6.07) is 6.63. The van der Waals surface area contributed by atoms with Gasteiger partial charge in [-0.3, -0.25) is 4.79 Å². The highest BCUT2D eigenvalue weighted by molar-refractivity contribution is 5.82. The third kappa shape index (κ3) is 3.94. The van der Waals surface area contributed by atoms with Crippen LogP contribution in [0.1, 0.15) is 37.7 Å². The van der Waals surface area contributed by atoms with Crippen molar-refractivity contribution in [3.05, 3.63) is 29.6 Å². The van der Waals surface area contributed by atoms with Gasteiger partial charge in [-0.25, -0.2) is 4.39 Å². The molecule has 0 heterocycles. The lowest BCUT2D eigenvalue weighted by atomic mass is 9.83. The van der Waals surface area contributed by atoms with Crippen LogP contribution in [0.4, 0.5) is 10.1 Å². The van der Waals surface area contributed by atoms with Crippen molar-refractivity contribution in [3.8, 4) is 6.07 Å². The van der Waals surface area contributed by atoms with E-state index in [9.17, 15) is 14.4 Å². The van der Waals surface area contributed by atoms with Crippen molar-refractivity contribution in [3.63, 3.8) is 0 Å². The van der Waals surface area contributed by atoms with Crippen LogP contribution in [0.2, 0.25) is 0 Å². The van der Waals surface area contributed by atoms with E-state index < -0.39 is 5.54 Å². The molecule has 0 radical (unpaired) electrons. The van der Waals surface area contributed by atoms with E-state index in [-0.39, 0.29) is 18.3 Å². The van der Waals surface area contributed by atoms with Crippen LogP contribution in [-0.2, 0) is 4.79 Å². The molecule has 0 unspecified atom stereocenters. The molecule has 112 valence electrons. The molecule has 1 aromatic rings. The van der Waals surface area contributed by atoms with Crippen LogP contribution in [-0.4, -0.2) is 18.0 Å². The molecule has 0 aromatic heterocycles. The normalized spacial score (nSPS) is 16.8. The summed E-state index contributed by atoms with van der Waals surface area (Å²) in [6.07, 6.45) is 4.48. The van der Waals surface area contributed by atoms with Gasteiger partial charge < -0.3 is 10.6 Å². The molecular formula is C16H20FN3O. The first-order valence-corrected chi connectivity index (χ1v) is 7.27. The number of nitriles is 1. The zero-order valence-corrected chi connectivity index (χ0v) is 12.2. The fourth-order valence-electron chi connectivity index (χ4n) is 2.73. The number of nitrogens with zero attached hydrogens (tertiary/aromatic N) is 1. The first kappa shape index (κ1) is 15.3. The molecule has 21 heavy (non-hydrogen) atoms. The van der Waals surface area contributed by atoms with E-state index in [0.29, 0.717) is 12.8 Å². The average Bonchev–Trinajstić information content (AvgIpc) is 2.47. The monoisotopic (exact) mass is 289 g/mol. The van der Waals surface area contributed by atoms with Gasteiger partial charge in [-0.2, -0.15) is 5.26 Å². The number of carbonyl (C=O) groups excluding carboxylic acids is 1. The van der Waals surface area contributed by atoms with Gasteiger partial charge in [-0.1, -0.05) is 19.3 Å². The second-order valence-electron chi connectivity index (χ2n) is 5.62. The molecule has 2 rings (SSSR count). The first-order valence-electron chi connectivity index (χ1n) is 7.27. The number of rotatable bonds is 4. The summed E-state index contributed by atoms with van der Waals surface area (Å²) in [5, 5.41) is 15.2. The van der Waals surface area contributed by atoms with E-state index in [0.717, 1.165) is 30.5 Å². The van der Waals surface area contributed by atoms with Crippen molar-refractivity contribution in [1.82, 2.24) is 5.32 Å². The van der Waals surface area contributed by atoms with Crippen LogP contribution >= 0.6 is 0 Å². The van der Waals surface area contributed by atoms with Crippen molar-refractivity contribution in [2.24, 2.45) is 0 Å². The number of benzene rings is 1. The quantitative estimate of drug-likeness (QED) is 0.895. The molecule has 4 nitrogen and oxygen atoms in total. The Kier molecular flexibility index (Phi) is 4.79. The summed E-state index contributed by atoms with van der Waals surface area (Å²) in [7, 11) is 0. The van der Waals surface area contributed by atoms with Gasteiger partial charge in [0.15, 0.2) is 0 Å². The number of hydrogen-bond donors (Lipinski definition) is 2. The molecule has 1 fully saturated rings. The Morgan fingerprint density at radius 1 is 1.38 bits per heavy atom. The molecule has 0 atom stereocenters. The van der Waals surface area contributed by atoms with Crippen LogP contribution in [0.5, 0.6) is 0 Å². The maximum absolute atomic E-state index is 13.0. The van der Waals surface area contributed by atoms with Crippen LogP contribution in [0.25, 0.3) is 0 Å². The van der Waals surface area contributed by atoms with E-state index in [1.165, 1.54) is 12.1 Å². The van der Waals surface area contributed by atoms with Crippen molar-refractivity contribution in [2.45, 2.75) is 44.6 Å². The lowest BCUT2D eigenvalue weighted by molar-refractivity contribution is -0.121. The Bertz CT molecular complexity index is 559. The summed E-state index contributed by atoms with van der Waals surface area (Å²) < 4.78 is 13.0. The zero-order valence-electron chi connectivity index (χ0n) is 12.2. The Labute approximate surface area is 124 Å². The van der Waals surface area contributed by atoms with Gasteiger partial charge in [-0.15, -0.1) is 0 Å². The maximum Gasteiger partial charge on any atom is 0.240 e. The molecule has 0 saturated heterocycles. The average molecular weight is 289 g/mol. The van der Waals surface area contributed by atoms with Crippen LogP contribution < -0.4 is 10.6 Å². The van der Waals surface area contributed by atoms with Crippen LogP contribution in [0, 0.1) is 24.1 Å². The van der Waals surface area contributed by atoms with E-state index in [1.54, 1.807) is 13.0 Å². The van der Waals surface area contributed by atoms with Gasteiger partial charge in [0.25, 0.3) is 0 Å². The van der Waals surface area contributed by atoms with Gasteiger partial charge in [0, 0.05) is 5.69 Å². The lowest BCUT2D eigenvalue weighted by Gasteiger charge is -2.31. The van der Waals surface area contributed by atoms with Crippen molar-refractivity contribution < 1.29 is 9.18 Å². The number of amides is 1. The van der Waals surface area contributed by atoms with Gasteiger partial charge in [0.05, 0.1) is 12.6 Å². The van der Waals surface area contributed by atoms with E-state index in [1.807, 2.05) is 0 Å². The Balaban J connectivity index is 1.91. The molecule has 2 N–H and O–H groups in total. The number of hydrogen-bond acceptors (Lipinski definition) is 3. The van der Waals surface area contributed by atoms with E-state index >= 15 is 0 Å². The Morgan fingerprint density at radius 2 is 2.10 bits per heavy atom. The van der Waals surface area contributed by atoms with E-state index in [4.69, 9.17) is 0 Å². The minimum atomic E-state index is -0.713. The van der Waals surface area contributed by atoms with Crippen LogP contribution in [0.3, 0.4) is 0 Å². The predicted molar refractivity (Wildman–Crippen MR) is 79.2 cm³/mol. The summed E-state index contributed by atoms with van der Waals surface area (Å²) in [6.45, 7) is 1.86. The number of aryl methyl sites for hydroxylation is 1. The van der Waals surface area contributed by atoms with Crippen molar-refractivity contribution in [2.75, 3.05) is 11.9 Å². The van der Waals surface area contributed by atoms with Gasteiger partial charge >= 0.3 is 0 Å². The second-order valence-corrected chi connectivity index (χ2v) is 5.62. The smallest absolute Gasteiger partial charge is 0.240 e. The molecule has 1 aliphatic rings. The molecular weight excluding hydrogens is 269 g/mol. The third-order valence-electron chi connectivity index (χ3n) is 3.93. The minimum absolute atomic E-state index is 0.0793. The molecule has 1 saturated carbocycles. The fraction of sp³-hybridized carbons (Fsp3) is 0.500. The highest BCUT2D eigenvalue weighted by atomic mass is 19.1.